The number of rotatable bonds is 4. The number of nitrogens with zero attached hydrogens (tertiary/aromatic N) is 2. The molecule has 0 unspecified atom stereocenters. The summed E-state index contributed by atoms with van der Waals surface area (Å²) in [5.74, 6) is 1.61. The van der Waals surface area contributed by atoms with Crippen molar-refractivity contribution in [1.29, 1.82) is 0 Å². The maximum atomic E-state index is 6.08. The van der Waals surface area contributed by atoms with Gasteiger partial charge in [0, 0.05) is 23.5 Å². The van der Waals surface area contributed by atoms with Gasteiger partial charge in [-0.2, -0.15) is 0 Å². The number of benzene rings is 1. The first kappa shape index (κ1) is 14.3. The van der Waals surface area contributed by atoms with Crippen molar-refractivity contribution in [3.05, 3.63) is 35.6 Å². The zero-order valence-corrected chi connectivity index (χ0v) is 12.9. The Kier molecular flexibility index (Phi) is 4.34. The lowest BCUT2D eigenvalue weighted by Crippen LogP contribution is -2.14. The third kappa shape index (κ3) is 3.16. The summed E-state index contributed by atoms with van der Waals surface area (Å²) in [5.41, 5.74) is 0.841. The van der Waals surface area contributed by atoms with E-state index in [1.807, 2.05) is 24.4 Å². The van der Waals surface area contributed by atoms with Crippen LogP contribution in [0.25, 0.3) is 0 Å². The largest absolute Gasteiger partial charge is 0.495 e. The minimum absolute atomic E-state index is 0.536. The predicted octanol–water partition coefficient (Wildman–Crippen LogP) is 4.79. The van der Waals surface area contributed by atoms with E-state index in [0.29, 0.717) is 11.1 Å². The second-order valence-electron chi connectivity index (χ2n) is 5.42. The number of hydrogen-bond donors (Lipinski definition) is 1. The first-order valence-electron chi connectivity index (χ1n) is 7.41. The molecule has 0 saturated heterocycles. The lowest BCUT2D eigenvalue weighted by Gasteiger charge is -2.25. The molecule has 0 aliphatic heterocycles. The highest BCUT2D eigenvalue weighted by Gasteiger charge is 2.18. The highest BCUT2D eigenvalue weighted by Crippen LogP contribution is 2.33. The Balaban J connectivity index is 1.85. The fraction of sp³-hybridized carbons (Fsp3) is 0.438. The summed E-state index contributed by atoms with van der Waals surface area (Å²) < 4.78 is 7.61. The van der Waals surface area contributed by atoms with Gasteiger partial charge >= 0.3 is 0 Å². The van der Waals surface area contributed by atoms with Crippen LogP contribution in [0.5, 0.6) is 5.75 Å². The van der Waals surface area contributed by atoms with Crippen LogP contribution in [0.4, 0.5) is 11.6 Å². The molecule has 4 nitrogen and oxygen atoms in total. The monoisotopic (exact) mass is 305 g/mol. The standard InChI is InChI=1S/C16H20ClN3O/c1-21-15-8-7-12(17)11-14(15)19-16-18-9-10-20(16)13-5-3-2-4-6-13/h7-11,13H,2-6H2,1H3,(H,18,19). The highest BCUT2D eigenvalue weighted by atomic mass is 35.5. The molecule has 0 bridgehead atoms. The molecule has 1 aliphatic carbocycles. The molecular formula is C16H20ClN3O. The minimum atomic E-state index is 0.536. The number of halogens is 1. The SMILES string of the molecule is COc1ccc(Cl)cc1Nc1nccn1C1CCCCC1. The lowest BCUT2D eigenvalue weighted by atomic mass is 9.95. The average molecular weight is 306 g/mol. The molecule has 2 aromatic rings. The van der Waals surface area contributed by atoms with Crippen LogP contribution in [0.2, 0.25) is 5.02 Å². The van der Waals surface area contributed by atoms with E-state index in [4.69, 9.17) is 16.3 Å². The quantitative estimate of drug-likeness (QED) is 0.882. The van der Waals surface area contributed by atoms with Crippen molar-refractivity contribution in [2.24, 2.45) is 0 Å². The summed E-state index contributed by atoms with van der Waals surface area (Å²) in [7, 11) is 1.65. The number of imidazole rings is 1. The van der Waals surface area contributed by atoms with E-state index in [2.05, 4.69) is 21.1 Å². The Morgan fingerprint density at radius 1 is 1.29 bits per heavy atom. The van der Waals surface area contributed by atoms with Gasteiger partial charge in [-0.3, -0.25) is 0 Å². The smallest absolute Gasteiger partial charge is 0.207 e. The zero-order valence-electron chi connectivity index (χ0n) is 12.2. The van der Waals surface area contributed by atoms with Crippen molar-refractivity contribution in [2.45, 2.75) is 38.1 Å². The Hall–Kier alpha value is -1.68. The van der Waals surface area contributed by atoms with Crippen molar-refractivity contribution in [3.8, 4) is 5.75 Å². The molecule has 0 spiro atoms. The first-order valence-corrected chi connectivity index (χ1v) is 7.79. The average Bonchev–Trinajstić information content (AvgIpc) is 2.96. The second kappa shape index (κ2) is 6.39. The molecule has 1 fully saturated rings. The number of aromatic nitrogens is 2. The molecular weight excluding hydrogens is 286 g/mol. The Bertz CT molecular complexity index is 605. The van der Waals surface area contributed by atoms with Crippen LogP contribution in [0, 0.1) is 0 Å². The van der Waals surface area contributed by atoms with Crippen molar-refractivity contribution in [2.75, 3.05) is 12.4 Å². The molecule has 1 saturated carbocycles. The topological polar surface area (TPSA) is 39.1 Å². The third-order valence-corrected chi connectivity index (χ3v) is 4.28. The molecule has 1 aromatic heterocycles. The molecule has 1 aliphatic rings. The molecule has 5 heteroatoms. The summed E-state index contributed by atoms with van der Waals surface area (Å²) >= 11 is 6.08. The Labute approximate surface area is 130 Å². The van der Waals surface area contributed by atoms with E-state index in [1.54, 1.807) is 7.11 Å². The van der Waals surface area contributed by atoms with Crippen LogP contribution >= 0.6 is 11.6 Å². The number of anilines is 2. The summed E-state index contributed by atoms with van der Waals surface area (Å²) in [6.45, 7) is 0. The van der Waals surface area contributed by atoms with Crippen molar-refractivity contribution >= 4 is 23.2 Å². The molecule has 0 radical (unpaired) electrons. The summed E-state index contributed by atoms with van der Waals surface area (Å²) in [4.78, 5) is 4.44. The van der Waals surface area contributed by atoms with Gasteiger partial charge in [-0.1, -0.05) is 30.9 Å². The van der Waals surface area contributed by atoms with Crippen LogP contribution in [0.1, 0.15) is 38.1 Å². The maximum absolute atomic E-state index is 6.08. The van der Waals surface area contributed by atoms with Gasteiger partial charge < -0.3 is 14.6 Å². The normalized spacial score (nSPS) is 15.9. The van der Waals surface area contributed by atoms with Crippen LogP contribution < -0.4 is 10.1 Å². The lowest BCUT2D eigenvalue weighted by molar-refractivity contribution is 0.356. The molecule has 0 atom stereocenters. The van der Waals surface area contributed by atoms with Gasteiger partial charge in [-0.15, -0.1) is 0 Å². The molecule has 3 rings (SSSR count). The van der Waals surface area contributed by atoms with E-state index >= 15 is 0 Å². The molecule has 112 valence electrons. The summed E-state index contributed by atoms with van der Waals surface area (Å²) in [6.07, 6.45) is 10.3. The van der Waals surface area contributed by atoms with Gasteiger partial charge in [-0.25, -0.2) is 4.98 Å². The van der Waals surface area contributed by atoms with Crippen LogP contribution in [-0.2, 0) is 0 Å². The number of ether oxygens (including phenoxy) is 1. The summed E-state index contributed by atoms with van der Waals surface area (Å²) in [6, 6.07) is 6.08. The highest BCUT2D eigenvalue weighted by molar-refractivity contribution is 6.30. The molecule has 1 heterocycles. The number of nitrogens with one attached hydrogen (secondary N) is 1. The van der Waals surface area contributed by atoms with Crippen LogP contribution in [0.15, 0.2) is 30.6 Å². The second-order valence-corrected chi connectivity index (χ2v) is 5.86. The molecule has 0 amide bonds. The van der Waals surface area contributed by atoms with Gasteiger partial charge in [0.25, 0.3) is 0 Å². The fourth-order valence-corrected chi connectivity index (χ4v) is 3.13. The third-order valence-electron chi connectivity index (χ3n) is 4.04. The van der Waals surface area contributed by atoms with E-state index in [9.17, 15) is 0 Å². The Morgan fingerprint density at radius 2 is 2.10 bits per heavy atom. The van der Waals surface area contributed by atoms with E-state index < -0.39 is 0 Å². The fourth-order valence-electron chi connectivity index (χ4n) is 2.96. The Morgan fingerprint density at radius 3 is 2.86 bits per heavy atom. The van der Waals surface area contributed by atoms with Crippen LogP contribution in [-0.4, -0.2) is 16.7 Å². The van der Waals surface area contributed by atoms with Gasteiger partial charge in [0.1, 0.15) is 5.75 Å². The molecule has 1 N–H and O–H groups in total. The molecule has 21 heavy (non-hydrogen) atoms. The van der Waals surface area contributed by atoms with Crippen molar-refractivity contribution in [1.82, 2.24) is 9.55 Å². The zero-order chi connectivity index (χ0) is 14.7. The van der Waals surface area contributed by atoms with E-state index in [1.165, 1.54) is 32.1 Å². The van der Waals surface area contributed by atoms with Gasteiger partial charge in [-0.05, 0) is 31.0 Å². The van der Waals surface area contributed by atoms with E-state index in [0.717, 1.165) is 17.4 Å². The minimum Gasteiger partial charge on any atom is -0.495 e. The summed E-state index contributed by atoms with van der Waals surface area (Å²) in [5, 5.41) is 4.03. The van der Waals surface area contributed by atoms with Gasteiger partial charge in [0.2, 0.25) is 5.95 Å². The van der Waals surface area contributed by atoms with Crippen molar-refractivity contribution in [3.63, 3.8) is 0 Å². The maximum Gasteiger partial charge on any atom is 0.207 e. The van der Waals surface area contributed by atoms with Gasteiger partial charge in [0.05, 0.1) is 12.8 Å². The molecule has 1 aromatic carbocycles. The van der Waals surface area contributed by atoms with Crippen molar-refractivity contribution < 1.29 is 4.74 Å². The van der Waals surface area contributed by atoms with Crippen LogP contribution in [0.3, 0.4) is 0 Å². The van der Waals surface area contributed by atoms with E-state index in [-0.39, 0.29) is 0 Å². The predicted molar refractivity (Wildman–Crippen MR) is 85.6 cm³/mol. The number of methoxy groups -OCH3 is 1. The number of hydrogen-bond acceptors (Lipinski definition) is 3. The first-order chi connectivity index (χ1) is 10.3. The van der Waals surface area contributed by atoms with Gasteiger partial charge in [0.15, 0.2) is 0 Å².